The highest BCUT2D eigenvalue weighted by Crippen LogP contribution is 2.28. The zero-order chi connectivity index (χ0) is 17.1. The summed E-state index contributed by atoms with van der Waals surface area (Å²) in [7, 11) is 1.92. The molecule has 1 aliphatic rings. The number of nitrogens with zero attached hydrogens (tertiary/aromatic N) is 3. The Balaban J connectivity index is 1.72. The van der Waals surface area contributed by atoms with Crippen molar-refractivity contribution in [3.05, 3.63) is 44.2 Å². The van der Waals surface area contributed by atoms with Crippen LogP contribution in [0.25, 0.3) is 0 Å². The van der Waals surface area contributed by atoms with Crippen LogP contribution in [0.5, 0.6) is 0 Å². The van der Waals surface area contributed by atoms with Gasteiger partial charge in [0.1, 0.15) is 5.82 Å². The first kappa shape index (κ1) is 17.5. The van der Waals surface area contributed by atoms with Gasteiger partial charge in [0.15, 0.2) is 0 Å². The van der Waals surface area contributed by atoms with E-state index in [0.717, 1.165) is 35.1 Å². The second kappa shape index (κ2) is 7.72. The summed E-state index contributed by atoms with van der Waals surface area (Å²) < 4.78 is 0.764. The van der Waals surface area contributed by atoms with Crippen LogP contribution < -0.4 is 4.90 Å². The lowest BCUT2D eigenvalue weighted by Crippen LogP contribution is -2.35. The first-order valence-corrected chi connectivity index (χ1v) is 9.52. The van der Waals surface area contributed by atoms with Gasteiger partial charge in [-0.1, -0.05) is 23.2 Å². The molecule has 2 aromatic rings. The number of thiophene rings is 1. The van der Waals surface area contributed by atoms with E-state index >= 15 is 0 Å². The monoisotopic (exact) mass is 383 g/mol. The molecule has 0 N–H and O–H groups in total. The van der Waals surface area contributed by atoms with E-state index in [1.807, 2.05) is 29.0 Å². The standard InChI is InChI=1S/C17H19Cl2N3OS/c1-21(11-13-5-6-15(19)24-13)16-14(18)9-12(10-20-16)17(23)22-7-3-2-4-8-22/h5-6,9-10H,2-4,7-8,11H2,1H3. The predicted molar refractivity (Wildman–Crippen MR) is 100 cm³/mol. The van der Waals surface area contributed by atoms with Crippen LogP contribution in [0.4, 0.5) is 5.82 Å². The summed E-state index contributed by atoms with van der Waals surface area (Å²) in [6.45, 7) is 2.30. The molecule has 4 nitrogen and oxygen atoms in total. The van der Waals surface area contributed by atoms with E-state index < -0.39 is 0 Å². The number of hydrogen-bond acceptors (Lipinski definition) is 4. The SMILES string of the molecule is CN(Cc1ccc(Cl)s1)c1ncc(C(=O)N2CCCCC2)cc1Cl. The van der Waals surface area contributed by atoms with E-state index in [9.17, 15) is 4.79 Å². The number of anilines is 1. The molecular formula is C17H19Cl2N3OS. The van der Waals surface area contributed by atoms with Crippen molar-refractivity contribution in [1.29, 1.82) is 0 Å². The molecule has 0 spiro atoms. The van der Waals surface area contributed by atoms with Gasteiger partial charge in [-0.3, -0.25) is 4.79 Å². The van der Waals surface area contributed by atoms with Crippen molar-refractivity contribution < 1.29 is 4.79 Å². The molecule has 3 heterocycles. The maximum atomic E-state index is 12.5. The molecule has 0 bridgehead atoms. The molecule has 7 heteroatoms. The van der Waals surface area contributed by atoms with Gasteiger partial charge in [0.2, 0.25) is 0 Å². The highest BCUT2D eigenvalue weighted by Gasteiger charge is 2.20. The Morgan fingerprint density at radius 2 is 2.04 bits per heavy atom. The second-order valence-corrected chi connectivity index (χ2v) is 8.15. The minimum atomic E-state index is 0.0170. The number of aromatic nitrogens is 1. The quantitative estimate of drug-likeness (QED) is 0.766. The van der Waals surface area contributed by atoms with Gasteiger partial charge >= 0.3 is 0 Å². The van der Waals surface area contributed by atoms with Crippen LogP contribution >= 0.6 is 34.5 Å². The van der Waals surface area contributed by atoms with E-state index in [1.54, 1.807) is 12.3 Å². The molecule has 128 valence electrons. The Morgan fingerprint density at radius 3 is 2.67 bits per heavy atom. The number of piperidine rings is 1. The lowest BCUT2D eigenvalue weighted by Gasteiger charge is -2.27. The normalized spacial score (nSPS) is 14.7. The van der Waals surface area contributed by atoms with E-state index in [4.69, 9.17) is 23.2 Å². The van der Waals surface area contributed by atoms with Crippen molar-refractivity contribution in [2.75, 3.05) is 25.0 Å². The van der Waals surface area contributed by atoms with Gasteiger partial charge in [-0.2, -0.15) is 0 Å². The largest absolute Gasteiger partial charge is 0.353 e. The Morgan fingerprint density at radius 1 is 1.29 bits per heavy atom. The molecule has 24 heavy (non-hydrogen) atoms. The van der Waals surface area contributed by atoms with Gasteiger partial charge in [0.05, 0.1) is 21.5 Å². The molecule has 1 aliphatic heterocycles. The summed E-state index contributed by atoms with van der Waals surface area (Å²) in [4.78, 5) is 21.9. The zero-order valence-electron chi connectivity index (χ0n) is 13.5. The maximum Gasteiger partial charge on any atom is 0.255 e. The molecule has 0 aliphatic carbocycles. The number of halogens is 2. The number of carbonyl (C=O) groups is 1. The van der Waals surface area contributed by atoms with E-state index in [-0.39, 0.29) is 5.91 Å². The minimum absolute atomic E-state index is 0.0170. The fourth-order valence-electron chi connectivity index (χ4n) is 2.85. The Kier molecular flexibility index (Phi) is 5.64. The van der Waals surface area contributed by atoms with Gasteiger partial charge < -0.3 is 9.80 Å². The minimum Gasteiger partial charge on any atom is -0.353 e. The summed E-state index contributed by atoms with van der Waals surface area (Å²) >= 11 is 13.9. The maximum absolute atomic E-state index is 12.5. The van der Waals surface area contributed by atoms with E-state index in [2.05, 4.69) is 4.98 Å². The van der Waals surface area contributed by atoms with Gasteiger partial charge in [-0.25, -0.2) is 4.98 Å². The Labute approximate surface area is 156 Å². The van der Waals surface area contributed by atoms with Gasteiger partial charge in [0, 0.05) is 31.2 Å². The number of carbonyl (C=O) groups excluding carboxylic acids is 1. The van der Waals surface area contributed by atoms with Crippen LogP contribution in [-0.2, 0) is 6.54 Å². The Hall–Kier alpha value is -1.30. The lowest BCUT2D eigenvalue weighted by molar-refractivity contribution is 0.0724. The van der Waals surface area contributed by atoms with Crippen molar-refractivity contribution in [2.24, 2.45) is 0 Å². The van der Waals surface area contributed by atoms with Gasteiger partial charge in [0.25, 0.3) is 5.91 Å². The summed E-state index contributed by atoms with van der Waals surface area (Å²) in [5.41, 5.74) is 0.554. The van der Waals surface area contributed by atoms with Crippen LogP contribution in [0.15, 0.2) is 24.4 Å². The van der Waals surface area contributed by atoms with E-state index in [0.29, 0.717) is 22.9 Å². The van der Waals surface area contributed by atoms with Crippen LogP contribution in [0, 0.1) is 0 Å². The number of likely N-dealkylation sites (tertiary alicyclic amines) is 1. The third-order valence-electron chi connectivity index (χ3n) is 4.10. The molecule has 0 unspecified atom stereocenters. The van der Waals surface area contributed by atoms with Crippen LogP contribution in [0.1, 0.15) is 34.5 Å². The second-order valence-electron chi connectivity index (χ2n) is 5.94. The zero-order valence-corrected chi connectivity index (χ0v) is 15.8. The smallest absolute Gasteiger partial charge is 0.255 e. The number of rotatable bonds is 4. The third-order valence-corrected chi connectivity index (χ3v) is 5.59. The molecule has 0 atom stereocenters. The average Bonchev–Trinajstić information content (AvgIpc) is 2.99. The molecule has 1 amide bonds. The summed E-state index contributed by atoms with van der Waals surface area (Å²) in [5.74, 6) is 0.680. The fourth-order valence-corrected chi connectivity index (χ4v) is 4.31. The molecule has 0 saturated carbocycles. The molecule has 1 fully saturated rings. The lowest BCUT2D eigenvalue weighted by atomic mass is 10.1. The van der Waals surface area contributed by atoms with Gasteiger partial charge in [-0.15, -0.1) is 11.3 Å². The average molecular weight is 384 g/mol. The number of hydrogen-bond donors (Lipinski definition) is 0. The Bertz CT molecular complexity index is 728. The van der Waals surface area contributed by atoms with Crippen molar-refractivity contribution in [1.82, 2.24) is 9.88 Å². The molecular weight excluding hydrogens is 365 g/mol. The summed E-state index contributed by atoms with van der Waals surface area (Å²) in [5, 5.41) is 0.489. The van der Waals surface area contributed by atoms with Crippen LogP contribution in [0.2, 0.25) is 9.36 Å². The van der Waals surface area contributed by atoms with Crippen molar-refractivity contribution >= 4 is 46.3 Å². The van der Waals surface area contributed by atoms with Crippen LogP contribution in [-0.4, -0.2) is 35.9 Å². The van der Waals surface area contributed by atoms with Crippen molar-refractivity contribution in [2.45, 2.75) is 25.8 Å². The fraction of sp³-hybridized carbons (Fsp3) is 0.412. The number of pyridine rings is 1. The van der Waals surface area contributed by atoms with Crippen molar-refractivity contribution in [3.63, 3.8) is 0 Å². The molecule has 2 aromatic heterocycles. The predicted octanol–water partition coefficient (Wildman–Crippen LogP) is 4.71. The highest BCUT2D eigenvalue weighted by atomic mass is 35.5. The summed E-state index contributed by atoms with van der Waals surface area (Å²) in [6, 6.07) is 5.59. The topological polar surface area (TPSA) is 36.4 Å². The third kappa shape index (κ3) is 4.02. The first-order chi connectivity index (χ1) is 11.5. The van der Waals surface area contributed by atoms with Crippen LogP contribution in [0.3, 0.4) is 0 Å². The highest BCUT2D eigenvalue weighted by molar-refractivity contribution is 7.16. The van der Waals surface area contributed by atoms with Gasteiger partial charge in [-0.05, 0) is 37.5 Å². The molecule has 1 saturated heterocycles. The van der Waals surface area contributed by atoms with Crippen molar-refractivity contribution in [3.8, 4) is 0 Å². The summed E-state index contributed by atoms with van der Waals surface area (Å²) in [6.07, 6.45) is 4.95. The number of amides is 1. The first-order valence-electron chi connectivity index (χ1n) is 7.95. The molecule has 3 rings (SSSR count). The molecule has 0 aromatic carbocycles. The van der Waals surface area contributed by atoms with E-state index in [1.165, 1.54) is 17.8 Å². The molecule has 0 radical (unpaired) electrons.